The summed E-state index contributed by atoms with van der Waals surface area (Å²) in [5, 5.41) is 2.84. The van der Waals surface area contributed by atoms with Crippen LogP contribution in [0.2, 0.25) is 0 Å². The summed E-state index contributed by atoms with van der Waals surface area (Å²) in [6, 6.07) is 1.96. The van der Waals surface area contributed by atoms with Gasteiger partial charge in [0.25, 0.3) is 5.91 Å². The first-order valence-electron chi connectivity index (χ1n) is 8.83. The molecule has 0 aliphatic carbocycles. The van der Waals surface area contributed by atoms with Gasteiger partial charge < -0.3 is 15.1 Å². The lowest BCUT2D eigenvalue weighted by molar-refractivity contribution is -0.138. The Morgan fingerprint density at radius 2 is 1.80 bits per heavy atom. The molecule has 2 heterocycles. The van der Waals surface area contributed by atoms with Crippen molar-refractivity contribution in [3.63, 3.8) is 0 Å². The monoisotopic (exact) mass is 365 g/mol. The minimum Gasteiger partial charge on any atom is -0.351 e. The highest BCUT2D eigenvalue weighted by Crippen LogP contribution is 2.22. The lowest BCUT2D eigenvalue weighted by Gasteiger charge is -2.34. The van der Waals surface area contributed by atoms with Crippen LogP contribution in [0.25, 0.3) is 0 Å². The van der Waals surface area contributed by atoms with Crippen LogP contribution in [0.5, 0.6) is 0 Å². The molecule has 1 fully saturated rings. The molecule has 7 heteroatoms. The van der Waals surface area contributed by atoms with Gasteiger partial charge in [0.2, 0.25) is 11.8 Å². The first-order chi connectivity index (χ1) is 11.9. The number of hydrogen-bond acceptors (Lipinski definition) is 4. The average Bonchev–Trinajstić information content (AvgIpc) is 2.96. The molecule has 1 aliphatic heterocycles. The van der Waals surface area contributed by atoms with Gasteiger partial charge in [-0.15, -0.1) is 11.3 Å². The van der Waals surface area contributed by atoms with E-state index in [9.17, 15) is 14.4 Å². The molecule has 0 unspecified atom stereocenters. The van der Waals surface area contributed by atoms with E-state index < -0.39 is 0 Å². The van der Waals surface area contributed by atoms with Gasteiger partial charge in [-0.25, -0.2) is 0 Å². The number of thiophene rings is 1. The van der Waals surface area contributed by atoms with Crippen molar-refractivity contribution in [2.24, 2.45) is 0 Å². The molecule has 1 aromatic rings. The first-order valence-corrected chi connectivity index (χ1v) is 9.64. The Morgan fingerprint density at radius 1 is 1.16 bits per heavy atom. The number of amides is 3. The first kappa shape index (κ1) is 19.4. The standard InChI is InChI=1S/C18H27N3O3S/c1-4-5-15-12-16(25-13(15)2)18(24)19-7-6-17(23)21-10-8-20(9-11-21)14(3)22/h12H,4-11H2,1-3H3,(H,19,24). The molecule has 1 N–H and O–H groups in total. The summed E-state index contributed by atoms with van der Waals surface area (Å²) in [7, 11) is 0. The molecule has 0 aromatic carbocycles. The summed E-state index contributed by atoms with van der Waals surface area (Å²) in [5.41, 5.74) is 1.23. The summed E-state index contributed by atoms with van der Waals surface area (Å²) >= 11 is 1.51. The van der Waals surface area contributed by atoms with Crippen LogP contribution in [0.3, 0.4) is 0 Å². The van der Waals surface area contributed by atoms with Crippen LogP contribution in [0.4, 0.5) is 0 Å². The summed E-state index contributed by atoms with van der Waals surface area (Å²) in [6.07, 6.45) is 2.34. The van der Waals surface area contributed by atoms with E-state index in [0.29, 0.717) is 37.6 Å². The van der Waals surface area contributed by atoms with Crippen LogP contribution in [-0.2, 0) is 16.0 Å². The van der Waals surface area contributed by atoms with E-state index in [1.807, 2.05) is 13.0 Å². The number of rotatable bonds is 6. The maximum atomic E-state index is 12.2. The van der Waals surface area contributed by atoms with Crippen LogP contribution in [0.15, 0.2) is 6.07 Å². The predicted molar refractivity (Wildman–Crippen MR) is 98.8 cm³/mol. The van der Waals surface area contributed by atoms with E-state index in [0.717, 1.165) is 12.8 Å². The maximum Gasteiger partial charge on any atom is 0.261 e. The third kappa shape index (κ3) is 5.29. The Morgan fingerprint density at radius 3 is 2.40 bits per heavy atom. The van der Waals surface area contributed by atoms with E-state index in [2.05, 4.69) is 12.2 Å². The van der Waals surface area contributed by atoms with E-state index in [-0.39, 0.29) is 24.1 Å². The minimum atomic E-state index is -0.107. The molecule has 1 aromatic heterocycles. The van der Waals surface area contributed by atoms with Gasteiger partial charge in [-0.2, -0.15) is 0 Å². The highest BCUT2D eigenvalue weighted by atomic mass is 32.1. The third-order valence-electron chi connectivity index (χ3n) is 4.47. The summed E-state index contributed by atoms with van der Waals surface area (Å²) < 4.78 is 0. The molecule has 3 amide bonds. The number of carbonyl (C=O) groups is 3. The smallest absolute Gasteiger partial charge is 0.261 e. The van der Waals surface area contributed by atoms with Crippen molar-refractivity contribution in [1.82, 2.24) is 15.1 Å². The van der Waals surface area contributed by atoms with Crippen LogP contribution in [0.1, 0.15) is 46.8 Å². The highest BCUT2D eigenvalue weighted by molar-refractivity contribution is 7.14. The molecular formula is C18H27N3O3S. The van der Waals surface area contributed by atoms with Gasteiger partial charge in [0, 0.05) is 50.9 Å². The van der Waals surface area contributed by atoms with Crippen LogP contribution in [-0.4, -0.2) is 60.2 Å². The maximum absolute atomic E-state index is 12.2. The molecular weight excluding hydrogens is 338 g/mol. The van der Waals surface area contributed by atoms with E-state index in [4.69, 9.17) is 0 Å². The molecule has 138 valence electrons. The second-order valence-electron chi connectivity index (χ2n) is 6.33. The zero-order chi connectivity index (χ0) is 18.4. The van der Waals surface area contributed by atoms with Crippen molar-refractivity contribution >= 4 is 29.1 Å². The van der Waals surface area contributed by atoms with E-state index >= 15 is 0 Å². The van der Waals surface area contributed by atoms with Gasteiger partial charge in [0.1, 0.15) is 0 Å². The summed E-state index contributed by atoms with van der Waals surface area (Å²) in [4.78, 5) is 41.1. The number of aryl methyl sites for hydroxylation is 2. The number of hydrogen-bond donors (Lipinski definition) is 1. The zero-order valence-electron chi connectivity index (χ0n) is 15.3. The normalized spacial score (nSPS) is 14.5. The van der Waals surface area contributed by atoms with Gasteiger partial charge in [-0.05, 0) is 25.0 Å². The SMILES string of the molecule is CCCc1cc(C(=O)NCCC(=O)N2CCN(C(C)=O)CC2)sc1C. The molecule has 1 aliphatic rings. The molecule has 2 rings (SSSR count). The Hall–Kier alpha value is -1.89. The molecule has 0 saturated carbocycles. The second-order valence-corrected chi connectivity index (χ2v) is 7.59. The van der Waals surface area contributed by atoms with Crippen molar-refractivity contribution in [3.05, 3.63) is 21.4 Å². The topological polar surface area (TPSA) is 69.7 Å². The fourth-order valence-corrected chi connectivity index (χ4v) is 3.94. The van der Waals surface area contributed by atoms with Crippen molar-refractivity contribution in [2.45, 2.75) is 40.0 Å². The largest absolute Gasteiger partial charge is 0.351 e. The van der Waals surface area contributed by atoms with Crippen molar-refractivity contribution in [1.29, 1.82) is 0 Å². The van der Waals surface area contributed by atoms with E-state index in [1.54, 1.807) is 16.7 Å². The summed E-state index contributed by atoms with van der Waals surface area (Å²) in [6.45, 7) is 8.35. The second kappa shape index (κ2) is 8.99. The molecule has 0 atom stereocenters. The van der Waals surface area contributed by atoms with Crippen molar-refractivity contribution < 1.29 is 14.4 Å². The van der Waals surface area contributed by atoms with Gasteiger partial charge >= 0.3 is 0 Å². The van der Waals surface area contributed by atoms with Gasteiger partial charge in [0.15, 0.2) is 0 Å². The van der Waals surface area contributed by atoms with Crippen LogP contribution >= 0.6 is 11.3 Å². The van der Waals surface area contributed by atoms with Crippen molar-refractivity contribution in [3.8, 4) is 0 Å². The number of carbonyl (C=O) groups excluding carboxylic acids is 3. The highest BCUT2D eigenvalue weighted by Gasteiger charge is 2.22. The average molecular weight is 365 g/mol. The molecule has 25 heavy (non-hydrogen) atoms. The molecule has 0 spiro atoms. The van der Waals surface area contributed by atoms with Gasteiger partial charge in [-0.3, -0.25) is 14.4 Å². The molecule has 0 bridgehead atoms. The van der Waals surface area contributed by atoms with Crippen molar-refractivity contribution in [2.75, 3.05) is 32.7 Å². The zero-order valence-corrected chi connectivity index (χ0v) is 16.1. The Labute approximate surface area is 153 Å². The Bertz CT molecular complexity index is 634. The lowest BCUT2D eigenvalue weighted by atomic mass is 10.1. The van der Waals surface area contributed by atoms with Crippen LogP contribution in [0, 0.1) is 6.92 Å². The number of piperazine rings is 1. The Balaban J connectivity index is 1.75. The fourth-order valence-electron chi connectivity index (χ4n) is 2.95. The molecule has 1 saturated heterocycles. The number of nitrogens with one attached hydrogen (secondary N) is 1. The van der Waals surface area contributed by atoms with Crippen LogP contribution < -0.4 is 5.32 Å². The summed E-state index contributed by atoms with van der Waals surface area (Å²) in [5.74, 6) is -0.0322. The van der Waals surface area contributed by atoms with E-state index in [1.165, 1.54) is 21.8 Å². The fraction of sp³-hybridized carbons (Fsp3) is 0.611. The van der Waals surface area contributed by atoms with Gasteiger partial charge in [-0.1, -0.05) is 13.3 Å². The van der Waals surface area contributed by atoms with Gasteiger partial charge in [0.05, 0.1) is 4.88 Å². The quantitative estimate of drug-likeness (QED) is 0.836. The number of nitrogens with zero attached hydrogens (tertiary/aromatic N) is 2. The molecule has 0 radical (unpaired) electrons. The predicted octanol–water partition coefficient (Wildman–Crippen LogP) is 1.82. The molecule has 6 nitrogen and oxygen atoms in total. The third-order valence-corrected chi connectivity index (χ3v) is 5.56. The minimum absolute atomic E-state index is 0.0255. The Kier molecular flexibility index (Phi) is 6.99. The lowest BCUT2D eigenvalue weighted by Crippen LogP contribution is -2.50.